The van der Waals surface area contributed by atoms with Crippen molar-refractivity contribution in [3.8, 4) is 0 Å². The van der Waals surface area contributed by atoms with Gasteiger partial charge in [0.05, 0.1) is 11.3 Å². The number of hydrogen-bond acceptors (Lipinski definition) is 4. The van der Waals surface area contributed by atoms with Gasteiger partial charge in [0.1, 0.15) is 5.82 Å². The van der Waals surface area contributed by atoms with E-state index in [4.69, 9.17) is 11.6 Å². The number of rotatable bonds is 2. The molecule has 0 saturated heterocycles. The zero-order chi connectivity index (χ0) is 16.7. The minimum absolute atomic E-state index is 0.0112. The number of nitrogens with one attached hydrogen (secondary N) is 2. The Kier molecular flexibility index (Phi) is 3.61. The van der Waals surface area contributed by atoms with Crippen molar-refractivity contribution in [3.05, 3.63) is 52.3 Å². The zero-order valence-corrected chi connectivity index (χ0v) is 13.9. The lowest BCUT2D eigenvalue weighted by atomic mass is 10.0. The summed E-state index contributed by atoms with van der Waals surface area (Å²) in [5, 5.41) is 12.9. The Hall–Kier alpha value is -2.60. The molecular formula is C17H16ClN5O. The predicted molar refractivity (Wildman–Crippen MR) is 93.3 cm³/mol. The highest BCUT2D eigenvalue weighted by atomic mass is 35.5. The molecule has 7 heteroatoms. The van der Waals surface area contributed by atoms with Gasteiger partial charge >= 0.3 is 0 Å². The Bertz CT molecular complexity index is 936. The number of amides is 1. The number of fused-ring (bicyclic) bond motifs is 2. The fourth-order valence-corrected chi connectivity index (χ4v) is 3.24. The molecule has 0 bridgehead atoms. The van der Waals surface area contributed by atoms with Crippen LogP contribution in [0.5, 0.6) is 0 Å². The Morgan fingerprint density at radius 3 is 3.04 bits per heavy atom. The Morgan fingerprint density at radius 1 is 1.33 bits per heavy atom. The monoisotopic (exact) mass is 341 g/mol. The first-order chi connectivity index (χ1) is 11.7. The van der Waals surface area contributed by atoms with Gasteiger partial charge in [0.2, 0.25) is 0 Å². The molecule has 1 aliphatic rings. The first-order valence-electron chi connectivity index (χ1n) is 7.75. The topological polar surface area (TPSA) is 73.9 Å². The summed E-state index contributed by atoms with van der Waals surface area (Å²) >= 11 is 6.01. The number of aromatic amines is 1. The van der Waals surface area contributed by atoms with Gasteiger partial charge in [0.25, 0.3) is 5.91 Å². The van der Waals surface area contributed by atoms with Crippen LogP contribution in [0.4, 0.5) is 5.82 Å². The zero-order valence-electron chi connectivity index (χ0n) is 13.1. The van der Waals surface area contributed by atoms with Crippen LogP contribution in [0, 0.1) is 0 Å². The van der Waals surface area contributed by atoms with Crippen molar-refractivity contribution < 1.29 is 4.79 Å². The highest BCUT2D eigenvalue weighted by Crippen LogP contribution is 2.25. The second-order valence-corrected chi connectivity index (χ2v) is 6.26. The molecule has 0 radical (unpaired) electrons. The van der Waals surface area contributed by atoms with Crippen LogP contribution in [0.1, 0.15) is 21.6 Å². The van der Waals surface area contributed by atoms with Crippen LogP contribution in [0.3, 0.4) is 0 Å². The number of aromatic nitrogens is 3. The number of anilines is 1. The van der Waals surface area contributed by atoms with Crippen molar-refractivity contribution in [3.63, 3.8) is 0 Å². The molecule has 0 saturated carbocycles. The fourth-order valence-electron chi connectivity index (χ4n) is 3.07. The van der Waals surface area contributed by atoms with E-state index in [1.165, 1.54) is 0 Å². The van der Waals surface area contributed by atoms with Crippen molar-refractivity contribution in [1.29, 1.82) is 0 Å². The van der Waals surface area contributed by atoms with Crippen molar-refractivity contribution in [2.45, 2.75) is 13.0 Å². The maximum absolute atomic E-state index is 12.9. The molecule has 3 heterocycles. The lowest BCUT2D eigenvalue weighted by Crippen LogP contribution is -2.36. The molecule has 1 aliphatic heterocycles. The van der Waals surface area contributed by atoms with Gasteiger partial charge in [-0.25, -0.2) is 0 Å². The molecule has 24 heavy (non-hydrogen) atoms. The maximum Gasteiger partial charge on any atom is 0.256 e. The molecule has 6 nitrogen and oxygen atoms in total. The van der Waals surface area contributed by atoms with Gasteiger partial charge in [0, 0.05) is 48.7 Å². The molecule has 1 aromatic carbocycles. The van der Waals surface area contributed by atoms with Crippen LogP contribution >= 0.6 is 11.6 Å². The summed E-state index contributed by atoms with van der Waals surface area (Å²) in [6.07, 6.45) is 2.47. The summed E-state index contributed by atoms with van der Waals surface area (Å²) in [5.41, 5.74) is 3.54. The molecule has 0 aliphatic carbocycles. The smallest absolute Gasteiger partial charge is 0.256 e. The Balaban J connectivity index is 1.65. The van der Waals surface area contributed by atoms with Gasteiger partial charge in [-0.15, -0.1) is 5.10 Å². The number of H-pyrrole nitrogens is 1. The second-order valence-electron chi connectivity index (χ2n) is 5.82. The predicted octanol–water partition coefficient (Wildman–Crippen LogP) is 2.85. The molecule has 4 rings (SSSR count). The molecule has 1 amide bonds. The van der Waals surface area contributed by atoms with Gasteiger partial charge in [-0.1, -0.05) is 17.7 Å². The van der Waals surface area contributed by atoms with Crippen molar-refractivity contribution >= 4 is 34.2 Å². The number of nitrogens with zero attached hydrogens (tertiary/aromatic N) is 3. The van der Waals surface area contributed by atoms with Crippen LogP contribution < -0.4 is 5.32 Å². The Labute approximate surface area is 143 Å². The lowest BCUT2D eigenvalue weighted by molar-refractivity contribution is 0.0735. The van der Waals surface area contributed by atoms with Gasteiger partial charge in [-0.3, -0.25) is 4.79 Å². The van der Waals surface area contributed by atoms with E-state index in [1.807, 2.05) is 23.1 Å². The summed E-state index contributed by atoms with van der Waals surface area (Å²) in [6, 6.07) is 7.46. The standard InChI is InChI=1S/C17H16ClN5O/c1-19-16-6-10-9-23(5-4-14(10)21-22-16)17(24)13-8-20-15-7-11(18)2-3-12(13)15/h2-3,6-8,20H,4-5,9H2,1H3,(H,19,22). The van der Waals surface area contributed by atoms with Crippen molar-refractivity contribution in [1.82, 2.24) is 20.1 Å². The summed E-state index contributed by atoms with van der Waals surface area (Å²) in [4.78, 5) is 17.9. The van der Waals surface area contributed by atoms with E-state index in [2.05, 4.69) is 20.5 Å². The Morgan fingerprint density at radius 2 is 2.21 bits per heavy atom. The minimum atomic E-state index is 0.0112. The van der Waals surface area contributed by atoms with Crippen LogP contribution in [0.15, 0.2) is 30.5 Å². The van der Waals surface area contributed by atoms with E-state index >= 15 is 0 Å². The first-order valence-corrected chi connectivity index (χ1v) is 8.12. The number of carbonyl (C=O) groups excluding carboxylic acids is 1. The third-order valence-electron chi connectivity index (χ3n) is 4.36. The van der Waals surface area contributed by atoms with Gasteiger partial charge in [-0.05, 0) is 23.8 Å². The molecule has 0 unspecified atom stereocenters. The fraction of sp³-hybridized carbons (Fsp3) is 0.235. The second kappa shape index (κ2) is 5.79. The maximum atomic E-state index is 12.9. The lowest BCUT2D eigenvalue weighted by Gasteiger charge is -2.28. The minimum Gasteiger partial charge on any atom is -0.372 e. The quantitative estimate of drug-likeness (QED) is 0.751. The van der Waals surface area contributed by atoms with Gasteiger partial charge in [0.15, 0.2) is 0 Å². The number of benzene rings is 1. The average molecular weight is 342 g/mol. The van der Waals surface area contributed by atoms with Crippen molar-refractivity contribution in [2.75, 3.05) is 18.9 Å². The van der Waals surface area contributed by atoms with E-state index < -0.39 is 0 Å². The highest BCUT2D eigenvalue weighted by molar-refractivity contribution is 6.31. The van der Waals surface area contributed by atoms with Gasteiger partial charge < -0.3 is 15.2 Å². The van der Waals surface area contributed by atoms with Crippen LogP contribution in [0.2, 0.25) is 5.02 Å². The molecule has 0 fully saturated rings. The van der Waals surface area contributed by atoms with E-state index in [-0.39, 0.29) is 5.91 Å². The van der Waals surface area contributed by atoms with Gasteiger partial charge in [-0.2, -0.15) is 5.10 Å². The highest BCUT2D eigenvalue weighted by Gasteiger charge is 2.25. The third-order valence-corrected chi connectivity index (χ3v) is 4.59. The number of carbonyl (C=O) groups is 1. The van der Waals surface area contributed by atoms with E-state index in [1.54, 1.807) is 19.3 Å². The number of hydrogen-bond donors (Lipinski definition) is 2. The summed E-state index contributed by atoms with van der Waals surface area (Å²) in [5.74, 6) is 0.724. The van der Waals surface area contributed by atoms with Crippen LogP contribution in [-0.4, -0.2) is 39.6 Å². The molecule has 3 aromatic rings. The van der Waals surface area contributed by atoms with E-state index in [0.717, 1.165) is 22.2 Å². The summed E-state index contributed by atoms with van der Waals surface area (Å²) in [7, 11) is 1.80. The van der Waals surface area contributed by atoms with E-state index in [0.29, 0.717) is 35.9 Å². The molecule has 0 spiro atoms. The van der Waals surface area contributed by atoms with Crippen LogP contribution in [0.25, 0.3) is 10.9 Å². The molecule has 2 aromatic heterocycles. The van der Waals surface area contributed by atoms with E-state index in [9.17, 15) is 4.79 Å². The molecule has 2 N–H and O–H groups in total. The third kappa shape index (κ3) is 2.49. The molecular weight excluding hydrogens is 326 g/mol. The summed E-state index contributed by atoms with van der Waals surface area (Å²) < 4.78 is 0. The average Bonchev–Trinajstić information content (AvgIpc) is 3.03. The number of halogens is 1. The molecule has 0 atom stereocenters. The first kappa shape index (κ1) is 15.0. The largest absolute Gasteiger partial charge is 0.372 e. The normalized spacial score (nSPS) is 13.8. The SMILES string of the molecule is CNc1cc2c(nn1)CCN(C(=O)c1c[nH]c3cc(Cl)ccc13)C2. The molecule has 122 valence electrons. The van der Waals surface area contributed by atoms with Crippen LogP contribution in [-0.2, 0) is 13.0 Å². The summed E-state index contributed by atoms with van der Waals surface area (Å²) in [6.45, 7) is 1.18. The van der Waals surface area contributed by atoms with Crippen molar-refractivity contribution in [2.24, 2.45) is 0 Å².